The molecule has 1 aromatic carbocycles. The maximum Gasteiger partial charge on any atom is 0.256 e. The fraction of sp³-hybridized carbons (Fsp3) is 0.296. The molecule has 0 spiro atoms. The van der Waals surface area contributed by atoms with E-state index in [9.17, 15) is 9.90 Å². The summed E-state index contributed by atoms with van der Waals surface area (Å²) in [5.41, 5.74) is 10.0. The number of aryl methyl sites for hydroxylation is 1. The van der Waals surface area contributed by atoms with Crippen LogP contribution in [0, 0.1) is 6.92 Å². The Kier molecular flexibility index (Phi) is 6.93. The standard InChI is InChI=1S/C27H30N8O2/c1-3-22(36)32-19-8-10-20(11-9-19)35-26-23(25(28)30-15-31-26)24(34-35)17-4-6-18(7-5-17)27(37)33-21-14-16(2)12-13-29-21/h3-7,12-15,19-20,22,32,36H,1,8-11H2,2H3,(H2,28,30,31)(H,29,33,37). The Hall–Kier alpha value is -4.15. The number of hydrogen-bond acceptors (Lipinski definition) is 8. The molecule has 1 aliphatic rings. The number of carbonyl (C=O) groups is 1. The average molecular weight is 499 g/mol. The molecule has 0 bridgehead atoms. The highest BCUT2D eigenvalue weighted by Crippen LogP contribution is 2.36. The Labute approximate surface area is 214 Å². The summed E-state index contributed by atoms with van der Waals surface area (Å²) >= 11 is 0. The van der Waals surface area contributed by atoms with E-state index in [2.05, 4.69) is 32.2 Å². The van der Waals surface area contributed by atoms with Crippen LogP contribution in [0.4, 0.5) is 11.6 Å². The van der Waals surface area contributed by atoms with Crippen LogP contribution in [-0.2, 0) is 0 Å². The van der Waals surface area contributed by atoms with Gasteiger partial charge in [-0.05, 0) is 68.5 Å². The van der Waals surface area contributed by atoms with Crippen molar-refractivity contribution in [2.75, 3.05) is 11.1 Å². The second-order valence-electron chi connectivity index (χ2n) is 9.35. The van der Waals surface area contributed by atoms with Crippen molar-refractivity contribution >= 4 is 28.6 Å². The Morgan fingerprint density at radius 2 is 1.92 bits per heavy atom. The lowest BCUT2D eigenvalue weighted by molar-refractivity contribution is 0.102. The molecule has 4 aromatic rings. The van der Waals surface area contributed by atoms with Crippen LogP contribution in [0.1, 0.15) is 47.6 Å². The maximum absolute atomic E-state index is 12.7. The van der Waals surface area contributed by atoms with E-state index < -0.39 is 6.23 Å². The topological polar surface area (TPSA) is 144 Å². The smallest absolute Gasteiger partial charge is 0.256 e. The van der Waals surface area contributed by atoms with E-state index in [4.69, 9.17) is 10.8 Å². The van der Waals surface area contributed by atoms with E-state index in [-0.39, 0.29) is 18.0 Å². The Morgan fingerprint density at radius 3 is 2.62 bits per heavy atom. The van der Waals surface area contributed by atoms with Crippen LogP contribution in [-0.4, -0.2) is 48.0 Å². The molecule has 1 unspecified atom stereocenters. The van der Waals surface area contributed by atoms with Gasteiger partial charge in [0.2, 0.25) is 0 Å². The van der Waals surface area contributed by atoms with Gasteiger partial charge in [0.05, 0.1) is 11.4 Å². The molecular formula is C27H30N8O2. The van der Waals surface area contributed by atoms with E-state index in [0.717, 1.165) is 36.8 Å². The van der Waals surface area contributed by atoms with E-state index in [1.807, 2.05) is 35.9 Å². The number of rotatable bonds is 7. The zero-order valence-corrected chi connectivity index (χ0v) is 20.6. The predicted octanol–water partition coefficient (Wildman–Crippen LogP) is 3.61. The highest BCUT2D eigenvalue weighted by atomic mass is 16.3. The number of benzene rings is 1. The summed E-state index contributed by atoms with van der Waals surface area (Å²) in [7, 11) is 0. The number of aliphatic hydroxyl groups is 1. The summed E-state index contributed by atoms with van der Waals surface area (Å²) in [6.45, 7) is 5.57. The van der Waals surface area contributed by atoms with Gasteiger partial charge in [-0.3, -0.25) is 10.1 Å². The predicted molar refractivity (Wildman–Crippen MR) is 143 cm³/mol. The number of nitrogens with one attached hydrogen (secondary N) is 2. The second kappa shape index (κ2) is 10.5. The maximum atomic E-state index is 12.7. The Balaban J connectivity index is 1.39. The number of nitrogens with zero attached hydrogens (tertiary/aromatic N) is 5. The fourth-order valence-electron chi connectivity index (χ4n) is 4.82. The number of anilines is 2. The lowest BCUT2D eigenvalue weighted by Crippen LogP contribution is -2.39. The van der Waals surface area contributed by atoms with Crippen LogP contribution in [0.3, 0.4) is 0 Å². The van der Waals surface area contributed by atoms with Crippen LogP contribution in [0.25, 0.3) is 22.3 Å². The summed E-state index contributed by atoms with van der Waals surface area (Å²) in [6.07, 6.45) is 7.47. The van der Waals surface area contributed by atoms with Crippen LogP contribution >= 0.6 is 0 Å². The zero-order chi connectivity index (χ0) is 25.9. The second-order valence-corrected chi connectivity index (χ2v) is 9.35. The molecule has 0 saturated heterocycles. The van der Waals surface area contributed by atoms with Gasteiger partial charge in [0, 0.05) is 23.4 Å². The van der Waals surface area contributed by atoms with Crippen molar-refractivity contribution < 1.29 is 9.90 Å². The minimum Gasteiger partial charge on any atom is -0.383 e. The molecule has 5 rings (SSSR count). The number of fused-ring (bicyclic) bond motifs is 1. The number of nitrogens with two attached hydrogens (primary N) is 1. The molecule has 1 amide bonds. The molecule has 1 fully saturated rings. The minimum absolute atomic E-state index is 0.149. The number of aliphatic hydroxyl groups excluding tert-OH is 1. The molecule has 3 aromatic heterocycles. The number of aromatic nitrogens is 5. The first kappa shape index (κ1) is 24.5. The summed E-state index contributed by atoms with van der Waals surface area (Å²) in [6, 6.07) is 11.3. The molecular weight excluding hydrogens is 468 g/mol. The van der Waals surface area contributed by atoms with Crippen LogP contribution in [0.5, 0.6) is 0 Å². The van der Waals surface area contributed by atoms with Gasteiger partial charge in [-0.1, -0.05) is 18.7 Å². The first-order valence-electron chi connectivity index (χ1n) is 12.3. The van der Waals surface area contributed by atoms with Crippen molar-refractivity contribution in [1.82, 2.24) is 30.0 Å². The lowest BCUT2D eigenvalue weighted by Gasteiger charge is -2.30. The van der Waals surface area contributed by atoms with Crippen LogP contribution < -0.4 is 16.4 Å². The molecule has 0 aliphatic heterocycles. The third-order valence-electron chi connectivity index (χ3n) is 6.77. The number of carbonyl (C=O) groups excluding carboxylic acids is 1. The molecule has 10 heteroatoms. The number of nitrogen functional groups attached to an aromatic ring is 1. The molecule has 37 heavy (non-hydrogen) atoms. The third-order valence-corrected chi connectivity index (χ3v) is 6.77. The number of hydrogen-bond donors (Lipinski definition) is 4. The fourth-order valence-corrected chi connectivity index (χ4v) is 4.82. The quantitative estimate of drug-likeness (QED) is 0.223. The first-order chi connectivity index (χ1) is 17.9. The van der Waals surface area contributed by atoms with Gasteiger partial charge in [0.25, 0.3) is 5.91 Å². The van der Waals surface area contributed by atoms with E-state index in [0.29, 0.717) is 33.9 Å². The number of pyridine rings is 1. The molecule has 10 nitrogen and oxygen atoms in total. The van der Waals surface area contributed by atoms with Gasteiger partial charge >= 0.3 is 0 Å². The van der Waals surface area contributed by atoms with Crippen molar-refractivity contribution in [1.29, 1.82) is 0 Å². The summed E-state index contributed by atoms with van der Waals surface area (Å²) < 4.78 is 1.95. The van der Waals surface area contributed by atoms with Crippen molar-refractivity contribution in [2.24, 2.45) is 0 Å². The average Bonchev–Trinajstić information content (AvgIpc) is 3.30. The third kappa shape index (κ3) is 5.20. The van der Waals surface area contributed by atoms with Gasteiger partial charge in [-0.2, -0.15) is 5.10 Å². The highest BCUT2D eigenvalue weighted by Gasteiger charge is 2.27. The summed E-state index contributed by atoms with van der Waals surface area (Å²) in [4.78, 5) is 25.6. The van der Waals surface area contributed by atoms with Gasteiger partial charge in [-0.15, -0.1) is 0 Å². The largest absolute Gasteiger partial charge is 0.383 e. The highest BCUT2D eigenvalue weighted by molar-refractivity contribution is 6.04. The van der Waals surface area contributed by atoms with E-state index >= 15 is 0 Å². The van der Waals surface area contributed by atoms with Gasteiger partial charge in [0.1, 0.15) is 29.9 Å². The zero-order valence-electron chi connectivity index (χ0n) is 20.6. The molecule has 3 heterocycles. The van der Waals surface area contributed by atoms with E-state index in [1.54, 1.807) is 18.3 Å². The summed E-state index contributed by atoms with van der Waals surface area (Å²) in [5.74, 6) is 0.630. The Morgan fingerprint density at radius 1 is 1.16 bits per heavy atom. The normalized spacial score (nSPS) is 18.4. The molecule has 1 saturated carbocycles. The van der Waals surface area contributed by atoms with Crippen molar-refractivity contribution in [3.05, 3.63) is 72.7 Å². The minimum atomic E-state index is -0.704. The SMILES string of the molecule is C=CC(O)NC1CCC(n2nc(-c3ccc(C(=O)Nc4cc(C)ccn4)cc3)c3c(N)ncnc32)CC1. The molecule has 1 aliphatic carbocycles. The number of amides is 1. The van der Waals surface area contributed by atoms with E-state index in [1.165, 1.54) is 12.4 Å². The lowest BCUT2D eigenvalue weighted by atomic mass is 9.91. The van der Waals surface area contributed by atoms with Crippen LogP contribution in [0.2, 0.25) is 0 Å². The van der Waals surface area contributed by atoms with Crippen molar-refractivity contribution in [2.45, 2.75) is 50.9 Å². The Bertz CT molecular complexity index is 1420. The van der Waals surface area contributed by atoms with Crippen LogP contribution in [0.15, 0.2) is 61.6 Å². The van der Waals surface area contributed by atoms with Crippen molar-refractivity contribution in [3.8, 4) is 11.3 Å². The van der Waals surface area contributed by atoms with Gasteiger partial charge in [0.15, 0.2) is 5.65 Å². The first-order valence-corrected chi connectivity index (χ1v) is 12.3. The monoisotopic (exact) mass is 498 g/mol. The van der Waals surface area contributed by atoms with Gasteiger partial charge in [-0.25, -0.2) is 19.6 Å². The van der Waals surface area contributed by atoms with Gasteiger partial charge < -0.3 is 16.2 Å². The van der Waals surface area contributed by atoms with Crippen molar-refractivity contribution in [3.63, 3.8) is 0 Å². The molecule has 1 atom stereocenters. The molecule has 5 N–H and O–H groups in total. The molecule has 0 radical (unpaired) electrons. The summed E-state index contributed by atoms with van der Waals surface area (Å²) in [5, 5.41) is 21.5. The molecule has 190 valence electrons.